The molecule has 3 rings (SSSR count). The molecule has 4 nitrogen and oxygen atoms in total. The van der Waals surface area contributed by atoms with Crippen molar-refractivity contribution in [3.8, 4) is 17.4 Å². The minimum atomic E-state index is -0.211. The van der Waals surface area contributed by atoms with Crippen molar-refractivity contribution in [2.24, 2.45) is 5.73 Å². The Morgan fingerprint density at radius 3 is 2.90 bits per heavy atom. The van der Waals surface area contributed by atoms with Gasteiger partial charge in [-0.2, -0.15) is 0 Å². The molecule has 1 aromatic carbocycles. The average Bonchev–Trinajstić information content (AvgIpc) is 2.76. The van der Waals surface area contributed by atoms with Gasteiger partial charge in [0, 0.05) is 24.6 Å². The van der Waals surface area contributed by atoms with E-state index in [1.54, 1.807) is 12.1 Å². The van der Waals surface area contributed by atoms with Crippen LogP contribution in [0.3, 0.4) is 0 Å². The van der Waals surface area contributed by atoms with Gasteiger partial charge in [0.25, 0.3) is 0 Å². The molecule has 5 heteroatoms. The van der Waals surface area contributed by atoms with Crippen molar-refractivity contribution in [2.75, 3.05) is 0 Å². The Morgan fingerprint density at radius 2 is 2.14 bits per heavy atom. The third-order valence-corrected chi connectivity index (χ3v) is 3.70. The number of fused-ring (bicyclic) bond motifs is 1. The summed E-state index contributed by atoms with van der Waals surface area (Å²) in [6, 6.07) is 9.34. The van der Waals surface area contributed by atoms with Gasteiger partial charge in [0.1, 0.15) is 5.60 Å². The fourth-order valence-electron chi connectivity index (χ4n) is 2.44. The highest BCUT2D eigenvalue weighted by atomic mass is 35.5. The summed E-state index contributed by atoms with van der Waals surface area (Å²) in [5.74, 6) is 1.91. The van der Waals surface area contributed by atoms with E-state index >= 15 is 0 Å². The van der Waals surface area contributed by atoms with Crippen LogP contribution in [0.25, 0.3) is 0 Å². The lowest BCUT2D eigenvalue weighted by molar-refractivity contribution is 0.135. The summed E-state index contributed by atoms with van der Waals surface area (Å²) in [7, 11) is 0. The summed E-state index contributed by atoms with van der Waals surface area (Å²) in [4.78, 5) is 4.31. The van der Waals surface area contributed by atoms with E-state index in [0.717, 1.165) is 17.7 Å². The van der Waals surface area contributed by atoms with Gasteiger partial charge >= 0.3 is 0 Å². The molecular weight excluding hydrogens is 288 g/mol. The standard InChI is InChI=1S/C16H17ClN2O2/c1-16(2)8-10-4-3-5-13(15(10)21-16)20-14-7-6-11(17)12(9-18)19-14/h3-7H,8-9,18H2,1-2H3. The molecule has 0 amide bonds. The molecule has 110 valence electrons. The molecule has 1 aliphatic rings. The molecule has 0 atom stereocenters. The van der Waals surface area contributed by atoms with E-state index in [1.165, 1.54) is 0 Å². The van der Waals surface area contributed by atoms with Crippen LogP contribution in [-0.2, 0) is 13.0 Å². The molecule has 0 aliphatic carbocycles. The number of hydrogen-bond acceptors (Lipinski definition) is 4. The molecule has 0 saturated carbocycles. The fourth-order valence-corrected chi connectivity index (χ4v) is 2.63. The van der Waals surface area contributed by atoms with Gasteiger partial charge in [-0.3, -0.25) is 0 Å². The van der Waals surface area contributed by atoms with E-state index in [1.807, 2.05) is 12.1 Å². The normalized spacial score (nSPS) is 15.4. The highest BCUT2D eigenvalue weighted by molar-refractivity contribution is 6.31. The number of benzene rings is 1. The van der Waals surface area contributed by atoms with Crippen molar-refractivity contribution in [1.82, 2.24) is 4.98 Å². The Balaban J connectivity index is 1.92. The van der Waals surface area contributed by atoms with Crippen LogP contribution in [0.1, 0.15) is 25.1 Å². The second-order valence-corrected chi connectivity index (χ2v) is 6.07. The zero-order chi connectivity index (χ0) is 15.0. The van der Waals surface area contributed by atoms with Gasteiger partial charge in [0.2, 0.25) is 5.88 Å². The molecule has 1 aromatic heterocycles. The highest BCUT2D eigenvalue weighted by Crippen LogP contribution is 2.43. The number of halogens is 1. The third kappa shape index (κ3) is 2.82. The summed E-state index contributed by atoms with van der Waals surface area (Å²) in [6.45, 7) is 4.39. The minimum absolute atomic E-state index is 0.211. The van der Waals surface area contributed by atoms with Crippen LogP contribution >= 0.6 is 11.6 Å². The van der Waals surface area contributed by atoms with Crippen molar-refractivity contribution in [3.05, 3.63) is 46.6 Å². The van der Waals surface area contributed by atoms with Crippen LogP contribution in [0.5, 0.6) is 17.4 Å². The van der Waals surface area contributed by atoms with Crippen molar-refractivity contribution in [1.29, 1.82) is 0 Å². The predicted molar refractivity (Wildman–Crippen MR) is 82.1 cm³/mol. The lowest BCUT2D eigenvalue weighted by Crippen LogP contribution is -2.24. The first-order chi connectivity index (χ1) is 9.98. The van der Waals surface area contributed by atoms with Gasteiger partial charge in [0.05, 0.1) is 10.7 Å². The smallest absolute Gasteiger partial charge is 0.219 e. The first-order valence-electron chi connectivity index (χ1n) is 6.83. The van der Waals surface area contributed by atoms with Gasteiger partial charge in [-0.15, -0.1) is 0 Å². The Labute approximate surface area is 128 Å². The summed E-state index contributed by atoms with van der Waals surface area (Å²) in [5.41, 5.74) is 7.16. The quantitative estimate of drug-likeness (QED) is 0.939. The molecule has 0 unspecified atom stereocenters. The van der Waals surface area contributed by atoms with Crippen molar-refractivity contribution in [3.63, 3.8) is 0 Å². The Bertz CT molecular complexity index is 686. The molecule has 2 heterocycles. The largest absolute Gasteiger partial charge is 0.483 e. The van der Waals surface area contributed by atoms with E-state index in [-0.39, 0.29) is 12.1 Å². The maximum absolute atomic E-state index is 6.01. The number of nitrogens with two attached hydrogens (primary N) is 1. The number of rotatable bonds is 3. The molecule has 0 fully saturated rings. The molecular formula is C16H17ClN2O2. The van der Waals surface area contributed by atoms with Crippen LogP contribution in [0, 0.1) is 0 Å². The van der Waals surface area contributed by atoms with E-state index in [9.17, 15) is 0 Å². The Kier molecular flexibility index (Phi) is 3.51. The van der Waals surface area contributed by atoms with E-state index in [4.69, 9.17) is 26.8 Å². The highest BCUT2D eigenvalue weighted by Gasteiger charge is 2.32. The number of pyridine rings is 1. The Morgan fingerprint density at radius 1 is 1.33 bits per heavy atom. The summed E-state index contributed by atoms with van der Waals surface area (Å²) < 4.78 is 11.8. The number of nitrogens with zero attached hydrogens (tertiary/aromatic N) is 1. The lowest BCUT2D eigenvalue weighted by Gasteiger charge is -2.18. The molecule has 0 spiro atoms. The zero-order valence-electron chi connectivity index (χ0n) is 12.0. The van der Waals surface area contributed by atoms with E-state index in [0.29, 0.717) is 22.3 Å². The Hall–Kier alpha value is -1.78. The van der Waals surface area contributed by atoms with Crippen LogP contribution in [0.2, 0.25) is 5.02 Å². The average molecular weight is 305 g/mol. The second-order valence-electron chi connectivity index (χ2n) is 5.67. The monoisotopic (exact) mass is 304 g/mol. The molecule has 0 saturated heterocycles. The van der Waals surface area contributed by atoms with Gasteiger partial charge in [-0.25, -0.2) is 4.98 Å². The molecule has 21 heavy (non-hydrogen) atoms. The van der Waals surface area contributed by atoms with Gasteiger partial charge in [-0.05, 0) is 26.0 Å². The predicted octanol–water partition coefficient (Wildman–Crippen LogP) is 3.70. The summed E-state index contributed by atoms with van der Waals surface area (Å²) in [5, 5.41) is 0.542. The van der Waals surface area contributed by atoms with Crippen LogP contribution in [0.4, 0.5) is 0 Å². The molecule has 1 aliphatic heterocycles. The van der Waals surface area contributed by atoms with Crippen LogP contribution in [-0.4, -0.2) is 10.6 Å². The molecule has 2 N–H and O–H groups in total. The number of para-hydroxylation sites is 1. The number of ether oxygens (including phenoxy) is 2. The topological polar surface area (TPSA) is 57.4 Å². The lowest BCUT2D eigenvalue weighted by atomic mass is 10.0. The summed E-state index contributed by atoms with van der Waals surface area (Å²) >= 11 is 6.01. The molecule has 0 radical (unpaired) electrons. The molecule has 2 aromatic rings. The van der Waals surface area contributed by atoms with E-state index < -0.39 is 0 Å². The maximum atomic E-state index is 6.01. The SMILES string of the molecule is CC1(C)Cc2cccc(Oc3ccc(Cl)c(CN)n3)c2O1. The first-order valence-corrected chi connectivity index (χ1v) is 7.20. The van der Waals surface area contributed by atoms with Gasteiger partial charge < -0.3 is 15.2 Å². The molecule has 0 bridgehead atoms. The van der Waals surface area contributed by atoms with Crippen molar-refractivity contribution in [2.45, 2.75) is 32.4 Å². The van der Waals surface area contributed by atoms with Crippen LogP contribution in [0.15, 0.2) is 30.3 Å². The zero-order valence-corrected chi connectivity index (χ0v) is 12.8. The minimum Gasteiger partial charge on any atom is -0.483 e. The van der Waals surface area contributed by atoms with Crippen molar-refractivity contribution >= 4 is 11.6 Å². The third-order valence-electron chi connectivity index (χ3n) is 3.36. The van der Waals surface area contributed by atoms with Gasteiger partial charge in [-0.1, -0.05) is 23.7 Å². The van der Waals surface area contributed by atoms with Crippen LogP contribution < -0.4 is 15.2 Å². The number of hydrogen-bond donors (Lipinski definition) is 1. The van der Waals surface area contributed by atoms with Crippen molar-refractivity contribution < 1.29 is 9.47 Å². The number of aromatic nitrogens is 1. The maximum Gasteiger partial charge on any atom is 0.219 e. The fraction of sp³-hybridized carbons (Fsp3) is 0.312. The van der Waals surface area contributed by atoms with E-state index in [2.05, 4.69) is 24.9 Å². The second kappa shape index (κ2) is 5.20. The van der Waals surface area contributed by atoms with Gasteiger partial charge in [0.15, 0.2) is 11.5 Å². The first kappa shape index (κ1) is 14.2. The summed E-state index contributed by atoms with van der Waals surface area (Å²) in [6.07, 6.45) is 0.863.